The van der Waals surface area contributed by atoms with Crippen LogP contribution in [0.1, 0.15) is 48.2 Å². The molecule has 0 atom stereocenters. The minimum Gasteiger partial charge on any atom is -0.458 e. The second-order valence-corrected chi connectivity index (χ2v) is 5.96. The number of ketones is 1. The van der Waals surface area contributed by atoms with Crippen LogP contribution >= 0.6 is 0 Å². The Morgan fingerprint density at radius 3 is 2.16 bits per heavy atom. The summed E-state index contributed by atoms with van der Waals surface area (Å²) < 4.78 is 5.35. The Kier molecular flexibility index (Phi) is 3.61. The maximum Gasteiger partial charge on any atom is 0.202 e. The third-order valence-corrected chi connectivity index (χ3v) is 3.20. The number of benzene rings is 1. The predicted molar refractivity (Wildman–Crippen MR) is 76.6 cm³/mol. The van der Waals surface area contributed by atoms with E-state index in [1.165, 1.54) is 5.56 Å². The van der Waals surface area contributed by atoms with Gasteiger partial charge in [0.15, 0.2) is 5.76 Å². The van der Waals surface area contributed by atoms with E-state index in [2.05, 4.69) is 32.9 Å². The fourth-order valence-corrected chi connectivity index (χ4v) is 1.98. The van der Waals surface area contributed by atoms with E-state index >= 15 is 0 Å². The summed E-state index contributed by atoms with van der Waals surface area (Å²) in [5.41, 5.74) is 2.44. The quantitative estimate of drug-likeness (QED) is 0.766. The number of rotatable bonds is 3. The molecule has 0 saturated heterocycles. The molecule has 1 heterocycles. The van der Waals surface area contributed by atoms with Gasteiger partial charge in [-0.05, 0) is 35.6 Å². The van der Waals surface area contributed by atoms with Crippen molar-refractivity contribution in [2.75, 3.05) is 0 Å². The van der Waals surface area contributed by atoms with Crippen LogP contribution in [0, 0.1) is 6.92 Å². The van der Waals surface area contributed by atoms with Crippen LogP contribution in [0.2, 0.25) is 0 Å². The van der Waals surface area contributed by atoms with Crippen molar-refractivity contribution in [1.29, 1.82) is 0 Å². The molecule has 19 heavy (non-hydrogen) atoms. The highest BCUT2D eigenvalue weighted by atomic mass is 16.3. The second-order valence-electron chi connectivity index (χ2n) is 5.96. The van der Waals surface area contributed by atoms with Gasteiger partial charge in [0, 0.05) is 6.42 Å². The molecular weight excluding hydrogens is 236 g/mol. The summed E-state index contributed by atoms with van der Waals surface area (Å²) in [4.78, 5) is 12.0. The molecule has 0 aliphatic rings. The van der Waals surface area contributed by atoms with Crippen LogP contribution in [0.15, 0.2) is 40.8 Å². The maximum atomic E-state index is 12.0. The highest BCUT2D eigenvalue weighted by molar-refractivity contribution is 5.95. The number of Topliss-reactive ketones (excluding diaryl/α,β-unsaturated/α-hetero) is 1. The van der Waals surface area contributed by atoms with E-state index in [0.717, 1.165) is 11.3 Å². The first-order chi connectivity index (χ1) is 8.86. The van der Waals surface area contributed by atoms with E-state index in [9.17, 15) is 4.79 Å². The summed E-state index contributed by atoms with van der Waals surface area (Å²) in [6, 6.07) is 11.8. The van der Waals surface area contributed by atoms with Gasteiger partial charge in [-0.1, -0.05) is 45.0 Å². The number of furan rings is 1. The average molecular weight is 256 g/mol. The average Bonchev–Trinajstić information content (AvgIpc) is 2.75. The molecule has 2 aromatic rings. The van der Waals surface area contributed by atoms with Crippen LogP contribution in [-0.2, 0) is 11.8 Å². The fraction of sp³-hybridized carbons (Fsp3) is 0.353. The number of carbonyl (C=O) groups excluding carboxylic acids is 1. The van der Waals surface area contributed by atoms with Crippen LogP contribution in [0.25, 0.3) is 0 Å². The molecule has 100 valence electrons. The Morgan fingerprint density at radius 1 is 1.05 bits per heavy atom. The van der Waals surface area contributed by atoms with Crippen molar-refractivity contribution in [2.24, 2.45) is 0 Å². The number of aryl methyl sites for hydroxylation is 1. The third kappa shape index (κ3) is 3.34. The Hall–Kier alpha value is -1.83. The first-order valence-corrected chi connectivity index (χ1v) is 6.55. The van der Waals surface area contributed by atoms with Gasteiger partial charge in [-0.15, -0.1) is 0 Å². The highest BCUT2D eigenvalue weighted by Crippen LogP contribution is 2.22. The maximum absolute atomic E-state index is 12.0. The molecule has 0 amide bonds. The Balaban J connectivity index is 2.10. The predicted octanol–water partition coefficient (Wildman–Crippen LogP) is 4.31. The van der Waals surface area contributed by atoms with Crippen molar-refractivity contribution < 1.29 is 9.21 Å². The van der Waals surface area contributed by atoms with E-state index in [0.29, 0.717) is 12.2 Å². The summed E-state index contributed by atoms with van der Waals surface area (Å²) in [5, 5.41) is 0. The molecule has 1 aromatic heterocycles. The molecule has 0 bridgehead atoms. The first-order valence-electron chi connectivity index (χ1n) is 6.55. The third-order valence-electron chi connectivity index (χ3n) is 3.20. The lowest BCUT2D eigenvalue weighted by Crippen LogP contribution is -2.11. The van der Waals surface area contributed by atoms with Crippen molar-refractivity contribution >= 4 is 5.78 Å². The van der Waals surface area contributed by atoms with Gasteiger partial charge in [-0.25, -0.2) is 0 Å². The molecule has 0 aliphatic carbocycles. The van der Waals surface area contributed by atoms with E-state index in [1.54, 1.807) is 6.07 Å². The highest BCUT2D eigenvalue weighted by Gasteiger charge is 2.14. The summed E-state index contributed by atoms with van der Waals surface area (Å²) in [7, 11) is 0. The summed E-state index contributed by atoms with van der Waals surface area (Å²) in [5.74, 6) is 1.24. The van der Waals surface area contributed by atoms with Crippen molar-refractivity contribution in [3.8, 4) is 0 Å². The van der Waals surface area contributed by atoms with Crippen molar-refractivity contribution in [3.63, 3.8) is 0 Å². The van der Waals surface area contributed by atoms with Gasteiger partial charge in [-0.2, -0.15) is 0 Å². The Labute approximate surface area is 114 Å². The smallest absolute Gasteiger partial charge is 0.202 e. The van der Waals surface area contributed by atoms with Crippen LogP contribution in [0.3, 0.4) is 0 Å². The van der Waals surface area contributed by atoms with Crippen molar-refractivity contribution in [3.05, 3.63) is 59.0 Å². The Morgan fingerprint density at radius 2 is 1.68 bits per heavy atom. The zero-order valence-corrected chi connectivity index (χ0v) is 12.0. The molecule has 2 heteroatoms. The molecule has 0 fully saturated rings. The molecule has 2 nitrogen and oxygen atoms in total. The van der Waals surface area contributed by atoms with E-state index < -0.39 is 0 Å². The van der Waals surface area contributed by atoms with Gasteiger partial charge in [0.2, 0.25) is 5.78 Å². The van der Waals surface area contributed by atoms with Crippen LogP contribution in [0.5, 0.6) is 0 Å². The number of carbonyl (C=O) groups is 1. The van der Waals surface area contributed by atoms with Gasteiger partial charge in [0.25, 0.3) is 0 Å². The minimum atomic E-state index is 0.0246. The second kappa shape index (κ2) is 5.04. The normalized spacial score (nSPS) is 11.6. The van der Waals surface area contributed by atoms with Gasteiger partial charge in [-0.3, -0.25) is 4.79 Å². The fourth-order valence-electron chi connectivity index (χ4n) is 1.98. The van der Waals surface area contributed by atoms with E-state index in [1.807, 2.05) is 25.1 Å². The minimum absolute atomic E-state index is 0.0246. The standard InChI is InChI=1S/C17H20O2/c1-12-5-10-16(19-12)15(18)11-13-6-8-14(9-7-13)17(2,3)4/h5-10H,11H2,1-4H3. The largest absolute Gasteiger partial charge is 0.458 e. The lowest BCUT2D eigenvalue weighted by molar-refractivity contribution is 0.0965. The van der Waals surface area contributed by atoms with Crippen LogP contribution in [0.4, 0.5) is 0 Å². The van der Waals surface area contributed by atoms with Gasteiger partial charge >= 0.3 is 0 Å². The molecule has 0 N–H and O–H groups in total. The SMILES string of the molecule is Cc1ccc(C(=O)Cc2ccc(C(C)(C)C)cc2)o1. The van der Waals surface area contributed by atoms with E-state index in [4.69, 9.17) is 4.42 Å². The number of hydrogen-bond donors (Lipinski definition) is 0. The molecule has 0 spiro atoms. The van der Waals surface area contributed by atoms with Crippen LogP contribution in [-0.4, -0.2) is 5.78 Å². The topological polar surface area (TPSA) is 30.2 Å². The molecule has 0 aliphatic heterocycles. The first kappa shape index (κ1) is 13.6. The number of hydrogen-bond acceptors (Lipinski definition) is 2. The lowest BCUT2D eigenvalue weighted by atomic mass is 9.86. The zero-order valence-electron chi connectivity index (χ0n) is 12.0. The summed E-state index contributed by atoms with van der Waals surface area (Å²) in [6.45, 7) is 8.38. The van der Waals surface area contributed by atoms with Gasteiger partial charge < -0.3 is 4.42 Å². The molecule has 2 rings (SSSR count). The Bertz CT molecular complexity index is 568. The summed E-state index contributed by atoms with van der Waals surface area (Å²) in [6.07, 6.45) is 0.386. The van der Waals surface area contributed by atoms with Crippen LogP contribution < -0.4 is 0 Å². The molecule has 0 unspecified atom stereocenters. The van der Waals surface area contributed by atoms with E-state index in [-0.39, 0.29) is 11.2 Å². The molecule has 0 radical (unpaired) electrons. The van der Waals surface area contributed by atoms with Gasteiger partial charge in [0.05, 0.1) is 0 Å². The molecule has 0 saturated carbocycles. The summed E-state index contributed by atoms with van der Waals surface area (Å²) >= 11 is 0. The molecule has 1 aromatic carbocycles. The monoisotopic (exact) mass is 256 g/mol. The lowest BCUT2D eigenvalue weighted by Gasteiger charge is -2.19. The molecular formula is C17H20O2. The van der Waals surface area contributed by atoms with Crippen molar-refractivity contribution in [2.45, 2.75) is 39.5 Å². The zero-order chi connectivity index (χ0) is 14.0. The van der Waals surface area contributed by atoms with Crippen molar-refractivity contribution in [1.82, 2.24) is 0 Å². The van der Waals surface area contributed by atoms with Gasteiger partial charge in [0.1, 0.15) is 5.76 Å².